The molecule has 5 fully saturated rings. The van der Waals surface area contributed by atoms with E-state index >= 15 is 0 Å². The molecule has 2 amide bonds. The number of nitrogens with one attached hydrogen (secondary N) is 2. The highest BCUT2D eigenvalue weighted by molar-refractivity contribution is 6.29. The van der Waals surface area contributed by atoms with Crippen LogP contribution in [0.15, 0.2) is 30.3 Å². The van der Waals surface area contributed by atoms with Crippen LogP contribution in [0.1, 0.15) is 173 Å². The molecule has 17 atom stereocenters. The number of amides is 2. The van der Waals surface area contributed by atoms with Crippen molar-refractivity contribution in [2.24, 2.45) is 52.1 Å². The molecule has 16 heteroatoms. The van der Waals surface area contributed by atoms with Gasteiger partial charge in [-0.25, -0.2) is 0 Å². The second-order valence-electron chi connectivity index (χ2n) is 23.7. The molecular formula is C57H79N3O13. The second kappa shape index (κ2) is 21.1. The first-order chi connectivity index (χ1) is 34.8. The van der Waals surface area contributed by atoms with Crippen LogP contribution in [0.4, 0.5) is 0 Å². The molecule has 0 radical (unpaired) electrons. The van der Waals surface area contributed by atoms with Crippen molar-refractivity contribution in [1.82, 2.24) is 10.6 Å². The smallest absolute Gasteiger partial charge is 0.242 e. The second-order valence-corrected chi connectivity index (χ2v) is 23.7. The van der Waals surface area contributed by atoms with Gasteiger partial charge in [0.1, 0.15) is 30.1 Å². The van der Waals surface area contributed by atoms with Gasteiger partial charge in [-0.15, -0.1) is 0 Å². The Morgan fingerprint density at radius 3 is 2.44 bits per heavy atom. The van der Waals surface area contributed by atoms with E-state index < -0.39 is 78.3 Å². The Kier molecular flexibility index (Phi) is 15.5. The van der Waals surface area contributed by atoms with Gasteiger partial charge in [0.2, 0.25) is 11.8 Å². The molecule has 0 spiro atoms. The molecule has 2 aromatic rings. The fourth-order valence-electron chi connectivity index (χ4n) is 15.7. The fraction of sp³-hybridized carbons (Fsp3) is 0.702. The largest absolute Gasteiger partial charge is 0.496 e. The Bertz CT molecular complexity index is 2450. The number of carbonyl (C=O) groups excluding carboxylic acids is 5. The van der Waals surface area contributed by atoms with Crippen molar-refractivity contribution in [3.63, 3.8) is 0 Å². The van der Waals surface area contributed by atoms with E-state index in [4.69, 9.17) is 19.9 Å². The number of unbranched alkanes of at least 4 members (excludes halogenated alkanes) is 1. The molecule has 1 aliphatic heterocycles. The minimum atomic E-state index is -2.10. The van der Waals surface area contributed by atoms with Crippen molar-refractivity contribution in [2.75, 3.05) is 20.3 Å². The van der Waals surface area contributed by atoms with E-state index in [0.29, 0.717) is 67.0 Å². The predicted molar refractivity (Wildman–Crippen MR) is 268 cm³/mol. The highest BCUT2D eigenvalue weighted by Gasteiger charge is 2.64. The van der Waals surface area contributed by atoms with Crippen LogP contribution in [0.2, 0.25) is 0 Å². The number of ketones is 3. The number of hydrogen-bond donors (Lipinski definition) is 8. The minimum absolute atomic E-state index is 0.0685. The van der Waals surface area contributed by atoms with Crippen molar-refractivity contribution in [2.45, 2.75) is 185 Å². The molecule has 400 valence electrons. The van der Waals surface area contributed by atoms with Gasteiger partial charge < -0.3 is 56.1 Å². The molecule has 16 nitrogen and oxygen atoms in total. The lowest BCUT2D eigenvalue weighted by atomic mass is 9.43. The molecule has 2 aromatic carbocycles. The summed E-state index contributed by atoms with van der Waals surface area (Å²) in [5.74, 6) is 0.0953. The number of benzene rings is 2. The molecule has 6 unspecified atom stereocenters. The van der Waals surface area contributed by atoms with Gasteiger partial charge >= 0.3 is 0 Å². The topological polar surface area (TPSA) is 264 Å². The molecule has 73 heavy (non-hydrogen) atoms. The lowest BCUT2D eigenvalue weighted by Gasteiger charge is -2.62. The van der Waals surface area contributed by atoms with Gasteiger partial charge in [-0.1, -0.05) is 32.9 Å². The van der Waals surface area contributed by atoms with Crippen LogP contribution in [-0.4, -0.2) is 123 Å². The summed E-state index contributed by atoms with van der Waals surface area (Å²) in [7, 11) is 1.41. The molecule has 6 aliphatic carbocycles. The lowest BCUT2D eigenvalue weighted by Crippen LogP contribution is -2.59. The third kappa shape index (κ3) is 9.74. The maximum Gasteiger partial charge on any atom is 0.242 e. The summed E-state index contributed by atoms with van der Waals surface area (Å²) in [6.45, 7) is 8.00. The van der Waals surface area contributed by atoms with Crippen LogP contribution in [0, 0.1) is 46.3 Å². The van der Waals surface area contributed by atoms with Crippen LogP contribution in [0.3, 0.4) is 0 Å². The van der Waals surface area contributed by atoms with Crippen LogP contribution in [-0.2, 0) is 30.3 Å². The van der Waals surface area contributed by atoms with Crippen molar-refractivity contribution in [3.05, 3.63) is 63.7 Å². The van der Waals surface area contributed by atoms with Crippen LogP contribution < -0.4 is 21.1 Å². The predicted octanol–water partition coefficient (Wildman–Crippen LogP) is 4.77. The maximum absolute atomic E-state index is 14.2. The number of ether oxygens (including phenoxy) is 3. The van der Waals surface area contributed by atoms with E-state index in [2.05, 4.69) is 31.4 Å². The Hall–Kier alpha value is -4.13. The average molecular weight is 1010 g/mol. The Labute approximate surface area is 428 Å². The van der Waals surface area contributed by atoms with Crippen molar-refractivity contribution in [1.29, 1.82) is 0 Å². The molecule has 0 bridgehead atoms. The van der Waals surface area contributed by atoms with E-state index in [-0.39, 0.29) is 88.4 Å². The number of rotatable bonds is 16. The number of nitrogens with two attached hydrogens (primary N) is 1. The molecule has 1 saturated heterocycles. The summed E-state index contributed by atoms with van der Waals surface area (Å²) in [6, 6.07) is 5.94. The zero-order chi connectivity index (χ0) is 52.3. The van der Waals surface area contributed by atoms with E-state index in [1.54, 1.807) is 19.1 Å². The van der Waals surface area contributed by atoms with Gasteiger partial charge in [0.05, 0.1) is 43.1 Å². The molecule has 0 aromatic heterocycles. The lowest BCUT2D eigenvalue weighted by molar-refractivity contribution is -0.249. The normalized spacial score (nSPS) is 37.3. The number of aliphatic hydroxyl groups is 5. The van der Waals surface area contributed by atoms with E-state index in [1.807, 2.05) is 0 Å². The first-order valence-corrected chi connectivity index (χ1v) is 27.2. The number of carbonyl (C=O) groups is 5. The number of Topliss-reactive ketones (excluding diaryl/α,β-unsaturated/α-hetero) is 1. The number of hydrogen-bond acceptors (Lipinski definition) is 14. The zero-order valence-electron chi connectivity index (χ0n) is 43.3. The number of aliphatic hydroxyl groups excluding tert-OH is 4. The first-order valence-electron chi connectivity index (χ1n) is 27.2. The van der Waals surface area contributed by atoms with E-state index in [1.165, 1.54) is 25.3 Å². The van der Waals surface area contributed by atoms with Gasteiger partial charge in [-0.05, 0) is 166 Å². The molecule has 7 aliphatic rings. The summed E-state index contributed by atoms with van der Waals surface area (Å²) < 4.78 is 18.1. The molecule has 9 rings (SSSR count). The standard InChI is InChI=1S/C57H79N3O13/c1-29(39-15-16-40-34-14-13-32-22-33(62)18-19-55(32,3)41(34)24-46(63)56(39,40)4)12-17-48(65)59-42(10-6-7-20-58)54(69)60-43-25-49(72-30(2)51(43)66)73-45-27-57(70,47(64)28-61)26-31-21-37-38(23-36(31)45)53(68)50-35(52(37)67)9-8-11-44(50)71-5/h8-9,11,21,23,29-30,32-34,39-43,45-46,49,51,61-63,66,70H,6-7,10,12-20,22,24-28,58H2,1-5H3,(H,59,65)(H,60,69)/t29-,30?,32-,33-,34+,39-,40?,41+,42?,43?,45+,46+,49?,51?,55+,56-,57+/m1/s1. The molecular weight excluding hydrogens is 935 g/mol. The minimum Gasteiger partial charge on any atom is -0.496 e. The van der Waals surface area contributed by atoms with Crippen LogP contribution >= 0.6 is 0 Å². The quantitative estimate of drug-likeness (QED) is 0.0900. The van der Waals surface area contributed by atoms with Gasteiger partial charge in [0.25, 0.3) is 0 Å². The number of fused-ring (bicyclic) bond motifs is 8. The summed E-state index contributed by atoms with van der Waals surface area (Å²) >= 11 is 0. The SMILES string of the molecule is COc1cccc2c1C(=O)c1cc3c(cc1C2=O)C[C@@](O)(C(=O)CO)C[C@@H]3OC1CC(NC(=O)C(CCCCN)NC(=O)CC[C@@H](C)[C@H]2CCC3[C@@H]4CC[C@@H]5C[C@H](O)CC[C@]5(C)[C@H]4C[C@H](O)[C@@]32C)C(O)C(C)O1. The summed E-state index contributed by atoms with van der Waals surface area (Å²) in [4.78, 5) is 69.1. The Morgan fingerprint density at radius 2 is 1.70 bits per heavy atom. The highest BCUT2D eigenvalue weighted by Crippen LogP contribution is 2.68. The maximum atomic E-state index is 14.2. The van der Waals surface area contributed by atoms with Crippen LogP contribution in [0.25, 0.3) is 0 Å². The monoisotopic (exact) mass is 1010 g/mol. The zero-order valence-corrected chi connectivity index (χ0v) is 43.3. The van der Waals surface area contributed by atoms with Crippen molar-refractivity contribution in [3.8, 4) is 5.75 Å². The average Bonchev–Trinajstić information content (AvgIpc) is 3.74. The summed E-state index contributed by atoms with van der Waals surface area (Å²) in [5.41, 5.74) is 4.91. The molecule has 4 saturated carbocycles. The van der Waals surface area contributed by atoms with Gasteiger partial charge in [-0.2, -0.15) is 0 Å². The van der Waals surface area contributed by atoms with Gasteiger partial charge in [0.15, 0.2) is 23.6 Å². The molecule has 9 N–H and O–H groups in total. The Balaban J connectivity index is 0.863. The van der Waals surface area contributed by atoms with Crippen molar-refractivity contribution < 1.29 is 63.7 Å². The summed E-state index contributed by atoms with van der Waals surface area (Å²) in [5, 5.41) is 61.7. The van der Waals surface area contributed by atoms with Crippen molar-refractivity contribution >= 4 is 29.2 Å². The fourth-order valence-corrected chi connectivity index (χ4v) is 15.7. The Morgan fingerprint density at radius 1 is 0.932 bits per heavy atom. The highest BCUT2D eigenvalue weighted by atomic mass is 16.7. The molecule has 1 heterocycles. The third-order valence-corrected chi connectivity index (χ3v) is 19.8. The van der Waals surface area contributed by atoms with Gasteiger partial charge in [-0.3, -0.25) is 24.0 Å². The summed E-state index contributed by atoms with van der Waals surface area (Å²) in [6.07, 6.45) is 4.64. The third-order valence-electron chi connectivity index (χ3n) is 19.8. The van der Waals surface area contributed by atoms with Crippen LogP contribution in [0.5, 0.6) is 5.75 Å². The number of methoxy groups -OCH3 is 1. The van der Waals surface area contributed by atoms with Gasteiger partial charge in [0, 0.05) is 42.4 Å². The van der Waals surface area contributed by atoms with E-state index in [0.717, 1.165) is 51.4 Å². The first kappa shape index (κ1) is 53.7. The van der Waals surface area contributed by atoms with E-state index in [9.17, 15) is 49.5 Å².